The molecule has 7 nitrogen and oxygen atoms in total. The molecule has 0 spiro atoms. The van der Waals surface area contributed by atoms with Crippen molar-refractivity contribution < 1.29 is 23.4 Å². The van der Waals surface area contributed by atoms with E-state index in [0.717, 1.165) is 10.9 Å². The molecule has 0 N–H and O–H groups in total. The molecule has 158 valence electrons. The van der Waals surface area contributed by atoms with E-state index in [9.17, 15) is 9.59 Å². The van der Waals surface area contributed by atoms with Gasteiger partial charge in [0, 0.05) is 37.2 Å². The third-order valence-electron chi connectivity index (χ3n) is 4.87. The molecule has 1 aromatic heterocycles. The summed E-state index contributed by atoms with van der Waals surface area (Å²) in [6, 6.07) is 6.67. The van der Waals surface area contributed by atoms with Gasteiger partial charge in [-0.1, -0.05) is 12.7 Å². The third-order valence-corrected chi connectivity index (χ3v) is 4.87. The van der Waals surface area contributed by atoms with Crippen LogP contribution in [0.15, 0.2) is 70.2 Å². The minimum atomic E-state index is -0.767. The number of carbonyl (C=O) groups is 1. The van der Waals surface area contributed by atoms with Gasteiger partial charge in [-0.25, -0.2) is 9.59 Å². The average Bonchev–Trinajstić information content (AvgIpc) is 2.69. The van der Waals surface area contributed by atoms with Crippen LogP contribution in [-0.2, 0) is 15.9 Å². The van der Waals surface area contributed by atoms with Crippen LogP contribution in [0, 0.1) is 0 Å². The van der Waals surface area contributed by atoms with Crippen LogP contribution >= 0.6 is 0 Å². The molecule has 0 unspecified atom stereocenters. The van der Waals surface area contributed by atoms with E-state index in [1.807, 2.05) is 19.9 Å². The molecule has 2 heterocycles. The van der Waals surface area contributed by atoms with E-state index in [-0.39, 0.29) is 0 Å². The van der Waals surface area contributed by atoms with E-state index in [4.69, 9.17) is 18.6 Å². The molecule has 1 aliphatic rings. The second-order valence-electron chi connectivity index (χ2n) is 7.47. The topological polar surface area (TPSA) is 78.2 Å². The van der Waals surface area contributed by atoms with Gasteiger partial charge in [0.2, 0.25) is 0 Å². The fourth-order valence-electron chi connectivity index (χ4n) is 3.14. The zero-order valence-corrected chi connectivity index (χ0v) is 17.5. The van der Waals surface area contributed by atoms with Gasteiger partial charge >= 0.3 is 11.7 Å². The van der Waals surface area contributed by atoms with Gasteiger partial charge in [0.15, 0.2) is 0 Å². The lowest BCUT2D eigenvalue weighted by Gasteiger charge is -2.39. The first-order valence-corrected chi connectivity index (χ1v) is 9.47. The Hall–Kier alpha value is -3.48. The van der Waals surface area contributed by atoms with Crippen LogP contribution in [0.5, 0.6) is 5.75 Å². The molecule has 1 atom stereocenters. The summed E-state index contributed by atoms with van der Waals surface area (Å²) in [7, 11) is 3.13. The van der Waals surface area contributed by atoms with Crippen molar-refractivity contribution in [1.29, 1.82) is 0 Å². The number of rotatable bonds is 5. The molecule has 2 aromatic rings. The van der Waals surface area contributed by atoms with Crippen molar-refractivity contribution in [2.75, 3.05) is 14.2 Å². The molecule has 0 radical (unpaired) electrons. The number of allylic oxidation sites excluding steroid dienone is 3. The van der Waals surface area contributed by atoms with E-state index < -0.39 is 23.4 Å². The number of hydrogen-bond donors (Lipinski definition) is 0. The Balaban J connectivity index is 1.78. The van der Waals surface area contributed by atoms with Gasteiger partial charge in [-0.15, -0.1) is 0 Å². The van der Waals surface area contributed by atoms with Crippen LogP contribution in [0.25, 0.3) is 11.0 Å². The highest BCUT2D eigenvalue weighted by molar-refractivity contribution is 5.79. The van der Waals surface area contributed by atoms with E-state index in [1.54, 1.807) is 43.6 Å². The highest BCUT2D eigenvalue weighted by Gasteiger charge is 2.40. The molecular formula is C23H25NO6. The lowest BCUT2D eigenvalue weighted by atomic mass is 9.90. The van der Waals surface area contributed by atoms with Crippen molar-refractivity contribution in [2.24, 2.45) is 0 Å². The Labute approximate surface area is 174 Å². The largest absolute Gasteiger partial charge is 0.497 e. The number of benzene rings is 1. The summed E-state index contributed by atoms with van der Waals surface area (Å²) < 4.78 is 22.2. The van der Waals surface area contributed by atoms with Crippen molar-refractivity contribution in [1.82, 2.24) is 4.90 Å². The van der Waals surface area contributed by atoms with Gasteiger partial charge < -0.3 is 18.6 Å². The van der Waals surface area contributed by atoms with Gasteiger partial charge in [0.05, 0.1) is 7.11 Å². The Kier molecular flexibility index (Phi) is 6.01. The summed E-state index contributed by atoms with van der Waals surface area (Å²) in [5, 5.41) is 0.780. The summed E-state index contributed by atoms with van der Waals surface area (Å²) in [5.41, 5.74) is 0.150. The maximum atomic E-state index is 12.6. The smallest absolute Gasteiger partial charge is 0.413 e. The van der Waals surface area contributed by atoms with Crippen LogP contribution < -0.4 is 10.4 Å². The Bertz CT molecular complexity index is 1080. The van der Waals surface area contributed by atoms with E-state index in [0.29, 0.717) is 23.5 Å². The monoisotopic (exact) mass is 411 g/mol. The van der Waals surface area contributed by atoms with Gasteiger partial charge in [0.25, 0.3) is 0 Å². The van der Waals surface area contributed by atoms with Crippen LogP contribution in [0.3, 0.4) is 0 Å². The van der Waals surface area contributed by atoms with Crippen molar-refractivity contribution >= 4 is 17.1 Å². The molecule has 0 bridgehead atoms. The molecule has 0 saturated heterocycles. The van der Waals surface area contributed by atoms with Crippen LogP contribution in [0.4, 0.5) is 4.79 Å². The first-order chi connectivity index (χ1) is 14.2. The number of amides is 1. The van der Waals surface area contributed by atoms with Gasteiger partial charge in [-0.05, 0) is 43.7 Å². The van der Waals surface area contributed by atoms with Crippen molar-refractivity contribution in [3.63, 3.8) is 0 Å². The molecule has 0 aliphatic carbocycles. The molecule has 7 heteroatoms. The minimum absolute atomic E-state index is 0.417. The van der Waals surface area contributed by atoms with Gasteiger partial charge in [-0.3, -0.25) is 4.90 Å². The zero-order chi connectivity index (χ0) is 21.9. The Morgan fingerprint density at radius 1 is 1.33 bits per heavy atom. The van der Waals surface area contributed by atoms with Crippen LogP contribution in [-0.4, -0.2) is 36.9 Å². The van der Waals surface area contributed by atoms with Crippen LogP contribution in [0.2, 0.25) is 0 Å². The number of ether oxygens (including phenoxy) is 3. The summed E-state index contributed by atoms with van der Waals surface area (Å²) in [4.78, 5) is 25.4. The predicted octanol–water partition coefficient (Wildman–Crippen LogP) is 4.17. The van der Waals surface area contributed by atoms with E-state index >= 15 is 0 Å². The molecule has 0 fully saturated rings. The van der Waals surface area contributed by atoms with Crippen molar-refractivity contribution in [3.05, 3.63) is 77.0 Å². The average molecular weight is 411 g/mol. The molecule has 0 saturated carbocycles. The fourth-order valence-corrected chi connectivity index (χ4v) is 3.14. The SMILES string of the molecule is C=C/C=C(/C=C/N(C)C(=O)O[C@H]1Cc2cc3ccc(=O)oc3cc2OC1(C)C)OC. The maximum Gasteiger partial charge on any atom is 0.413 e. The van der Waals surface area contributed by atoms with Gasteiger partial charge in [0.1, 0.15) is 28.8 Å². The van der Waals surface area contributed by atoms with Gasteiger partial charge in [-0.2, -0.15) is 0 Å². The Morgan fingerprint density at radius 3 is 2.80 bits per heavy atom. The third kappa shape index (κ3) is 4.56. The first-order valence-electron chi connectivity index (χ1n) is 9.47. The molecule has 1 aromatic carbocycles. The molecule has 1 amide bonds. The number of hydrogen-bond acceptors (Lipinski definition) is 6. The number of fused-ring (bicyclic) bond motifs is 2. The maximum absolute atomic E-state index is 12.6. The standard InChI is InChI=1S/C23H25NO6/c1-6-7-17(27-5)10-11-24(4)22(26)29-20-13-16-12-15-8-9-21(25)28-18(15)14-19(16)30-23(20,2)3/h6-12,14,20H,1,13H2,2-5H3/b11-10+,17-7-/t20-/m0/s1. The summed E-state index contributed by atoms with van der Waals surface area (Å²) >= 11 is 0. The number of methoxy groups -OCH3 is 1. The normalized spacial score (nSPS) is 17.9. The molecule has 3 rings (SSSR count). The highest BCUT2D eigenvalue weighted by atomic mass is 16.6. The lowest BCUT2D eigenvalue weighted by molar-refractivity contribution is -0.0547. The minimum Gasteiger partial charge on any atom is -0.497 e. The number of nitrogens with zero attached hydrogens (tertiary/aromatic N) is 1. The second kappa shape index (κ2) is 8.49. The zero-order valence-electron chi connectivity index (χ0n) is 17.5. The highest BCUT2D eigenvalue weighted by Crippen LogP contribution is 2.37. The Morgan fingerprint density at radius 2 is 2.10 bits per heavy atom. The molecule has 1 aliphatic heterocycles. The summed E-state index contributed by atoms with van der Waals surface area (Å²) in [6.45, 7) is 7.32. The summed E-state index contributed by atoms with van der Waals surface area (Å²) in [5.74, 6) is 1.17. The van der Waals surface area contributed by atoms with Crippen molar-refractivity contribution in [3.8, 4) is 5.75 Å². The molecule has 30 heavy (non-hydrogen) atoms. The first kappa shape index (κ1) is 21.2. The quantitative estimate of drug-likeness (QED) is 0.417. The second-order valence-corrected chi connectivity index (χ2v) is 7.47. The van der Waals surface area contributed by atoms with E-state index in [1.165, 1.54) is 18.1 Å². The van der Waals surface area contributed by atoms with E-state index in [2.05, 4.69) is 6.58 Å². The fraction of sp³-hybridized carbons (Fsp3) is 0.304. The summed E-state index contributed by atoms with van der Waals surface area (Å²) in [6.07, 6.45) is 5.92. The lowest BCUT2D eigenvalue weighted by Crippen LogP contribution is -2.49. The molecular weight excluding hydrogens is 386 g/mol. The van der Waals surface area contributed by atoms with Crippen molar-refractivity contribution in [2.45, 2.75) is 32.0 Å². The van der Waals surface area contributed by atoms with Crippen LogP contribution in [0.1, 0.15) is 19.4 Å². The number of carbonyl (C=O) groups excluding carboxylic acids is 1. The predicted molar refractivity (Wildman–Crippen MR) is 113 cm³/mol.